The summed E-state index contributed by atoms with van der Waals surface area (Å²) in [4.78, 5) is 3.44. The largest absolute Gasteiger partial charge is 0.750 e. The van der Waals surface area contributed by atoms with E-state index < -0.39 is 114 Å². The minimum atomic E-state index is -2.88. The van der Waals surface area contributed by atoms with Gasteiger partial charge in [-0.3, -0.25) is 0 Å². The van der Waals surface area contributed by atoms with Crippen LogP contribution < -0.4 is 96.8 Å². The van der Waals surface area contributed by atoms with Gasteiger partial charge in [0.2, 0.25) is 0 Å². The van der Waals surface area contributed by atoms with E-state index >= 15 is 0 Å². The average Bonchev–Trinajstić information content (AvgIpc) is 3.40. The smallest absolute Gasteiger partial charge is 0.127 e. The normalized spacial score (nSPS) is 14.6. The second kappa shape index (κ2) is 90.7. The van der Waals surface area contributed by atoms with Gasteiger partial charge < -0.3 is 186 Å². The second-order valence-corrected chi connectivity index (χ2v) is 16.8. The fourth-order valence-electron chi connectivity index (χ4n) is 4.46. The Morgan fingerprint density at radius 2 is 0.359 bits per heavy atom. The van der Waals surface area contributed by atoms with E-state index in [9.17, 15) is 0 Å². The van der Waals surface area contributed by atoms with Crippen LogP contribution in [-0.2, 0) is 157 Å². The third kappa shape index (κ3) is 152. The second-order valence-electron chi connectivity index (χ2n) is 11.3. The highest BCUT2D eigenvalue weighted by Gasteiger charge is 2.19. The molecule has 78 heavy (non-hydrogen) atoms. The zero-order chi connectivity index (χ0) is 63.9. The number of hydrogen-bond acceptors (Lipinski definition) is 40. The molecule has 0 aliphatic heterocycles. The summed E-state index contributed by atoms with van der Waals surface area (Å²) in [5.74, 6) is 1.63. The molecule has 0 aliphatic carbocycles. The highest BCUT2D eigenvalue weighted by molar-refractivity contribution is 7.75. The van der Waals surface area contributed by atoms with Crippen LogP contribution in [-0.4, -0.2) is 166 Å². The Labute approximate surface area is 468 Å². The molecule has 0 rings (SSSR count). The SMILES string of the molecule is O=S([O-])O[O-].O=S([O-])O[O-].O=S([O-])O[O-].O=S([O-])O[O-].O=S([O-])O[O-].O=S([O-])O[O-].O=S([O-])O[O-].O=S([O-])O[O-].O=S([O-])O[O-].O=S([O-])O[O-].[NH3+]CCC(CC[NH3+])CC[NH+](CC[NH3+])CCC(CC[NH3+])CC[NH+](CC[NH3+])CC[NH3+]. The summed E-state index contributed by atoms with van der Waals surface area (Å²) in [6, 6.07) is 0. The minimum absolute atomic E-state index is 0.813. The van der Waals surface area contributed by atoms with Crippen molar-refractivity contribution in [3.8, 4) is 0 Å². The lowest BCUT2D eigenvalue weighted by Gasteiger charge is -2.24. The van der Waals surface area contributed by atoms with Crippen LogP contribution in [0.5, 0.6) is 0 Å². The Morgan fingerprint density at radius 1 is 0.244 bits per heavy atom. The van der Waals surface area contributed by atoms with Crippen molar-refractivity contribution >= 4 is 114 Å². The first-order chi connectivity index (χ1) is 36.3. The molecular weight excluding hydrogens is 1310 g/mol. The van der Waals surface area contributed by atoms with E-state index in [4.69, 9.17) is 140 Å². The molecule has 58 heteroatoms. The summed E-state index contributed by atoms with van der Waals surface area (Å²) >= 11 is -28.8. The van der Waals surface area contributed by atoms with Crippen LogP contribution in [0.25, 0.3) is 0 Å². The number of quaternary nitrogens is 8. The van der Waals surface area contributed by atoms with Crippen molar-refractivity contribution in [2.24, 2.45) is 11.8 Å². The van der Waals surface area contributed by atoms with Crippen LogP contribution in [0, 0.1) is 11.8 Å². The van der Waals surface area contributed by atoms with E-state index in [1.54, 1.807) is 9.80 Å². The molecule has 0 saturated carbocycles. The number of rotatable bonds is 31. The maximum Gasteiger partial charge on any atom is 0.127 e. The first kappa shape index (κ1) is 103. The predicted molar refractivity (Wildman–Crippen MR) is 212 cm³/mol. The lowest BCUT2D eigenvalue weighted by atomic mass is 9.95. The van der Waals surface area contributed by atoms with Crippen LogP contribution in [0.15, 0.2) is 0 Å². The summed E-state index contributed by atoms with van der Waals surface area (Å²) in [6.07, 6.45) is 7.77. The van der Waals surface area contributed by atoms with Crippen molar-refractivity contribution in [3.05, 3.63) is 0 Å². The Balaban J connectivity index is -0.0000000810. The van der Waals surface area contributed by atoms with Gasteiger partial charge in [-0.05, 0) is 50.4 Å². The van der Waals surface area contributed by atoms with Gasteiger partial charge in [0.1, 0.15) is 39.3 Å². The van der Waals surface area contributed by atoms with Crippen LogP contribution in [0.2, 0.25) is 0 Å². The molecule has 490 valence electrons. The molecule has 0 heterocycles. The molecule has 12 unspecified atom stereocenters. The molecule has 0 spiro atoms. The van der Waals surface area contributed by atoms with Crippen LogP contribution >= 0.6 is 0 Å². The molecule has 0 aromatic carbocycles. The zero-order valence-corrected chi connectivity index (χ0v) is 47.7. The molecule has 0 aromatic rings. The van der Waals surface area contributed by atoms with Gasteiger partial charge in [0, 0.05) is 0 Å². The highest BCUT2D eigenvalue weighted by atomic mass is 32.2. The van der Waals surface area contributed by atoms with Crippen LogP contribution in [0.1, 0.15) is 38.5 Å². The maximum atomic E-state index is 8.83. The third-order valence-corrected chi connectivity index (χ3v) is 7.81. The van der Waals surface area contributed by atoms with Crippen molar-refractivity contribution in [2.45, 2.75) is 38.5 Å². The van der Waals surface area contributed by atoms with Crippen LogP contribution in [0.4, 0.5) is 0 Å². The van der Waals surface area contributed by atoms with E-state index in [-0.39, 0.29) is 0 Å². The molecule has 0 aromatic heterocycles. The van der Waals surface area contributed by atoms with E-state index in [2.05, 4.69) is 77.7 Å². The van der Waals surface area contributed by atoms with Gasteiger partial charge in [-0.25, -0.2) is 42.1 Å². The van der Waals surface area contributed by atoms with Gasteiger partial charge >= 0.3 is 0 Å². The van der Waals surface area contributed by atoms with Gasteiger partial charge in [-0.1, -0.05) is 0 Å². The van der Waals surface area contributed by atoms with E-state index in [0.717, 1.165) is 51.1 Å². The van der Waals surface area contributed by atoms with Crippen molar-refractivity contribution in [3.63, 3.8) is 0 Å². The van der Waals surface area contributed by atoms with Gasteiger partial charge in [0.15, 0.2) is 0 Å². The van der Waals surface area contributed by atoms with Gasteiger partial charge in [-0.2, -0.15) is 0 Å². The van der Waals surface area contributed by atoms with Gasteiger partial charge in [-0.15, -0.1) is 0 Å². The first-order valence-electron chi connectivity index (χ1n) is 18.7. The molecule has 0 fully saturated rings. The fraction of sp³-hybridized carbons (Fsp3) is 1.00. The molecule has 20 N–H and O–H groups in total. The summed E-state index contributed by atoms with van der Waals surface area (Å²) < 4.78 is 201. The standard InChI is InChI=1S/C20H50N8.10H2O4S/c21-7-1-19(2-8-22)4-13-27(16-10-24)14-5-20(3-9-23)6-15-28(17-11-25)18-12-26;10*1-4-5(2)3/h19-20H,1-18,21-26H2;10*1H,(H,2,3)/p-12. The summed E-state index contributed by atoms with van der Waals surface area (Å²) in [5.41, 5.74) is 24.5. The Morgan fingerprint density at radius 3 is 0.462 bits per heavy atom. The first-order valence-corrected chi connectivity index (χ1v) is 28.7. The Hall–Kier alpha value is -0.0200. The number of nitrogens with one attached hydrogen (secondary N) is 2. The molecule has 0 bridgehead atoms. The lowest BCUT2D eigenvalue weighted by Crippen LogP contribution is -3.15. The van der Waals surface area contributed by atoms with Crippen molar-refractivity contribution in [2.75, 3.05) is 78.5 Å². The molecule has 48 nitrogen and oxygen atoms in total. The molecular formula is C20H58N8O40S10-12. The Bertz CT molecular complexity index is 1150. The molecule has 0 amide bonds. The van der Waals surface area contributed by atoms with Gasteiger partial charge in [0.05, 0.1) is 153 Å². The van der Waals surface area contributed by atoms with Crippen molar-refractivity contribution in [1.29, 1.82) is 0 Å². The van der Waals surface area contributed by atoms with Crippen LogP contribution in [0.3, 0.4) is 0 Å². The zero-order valence-electron chi connectivity index (χ0n) is 39.5. The summed E-state index contributed by atoms with van der Waals surface area (Å²) in [7, 11) is 0. The molecule has 12 atom stereocenters. The summed E-state index contributed by atoms with van der Waals surface area (Å²) in [5, 5.41) is 85.2. The fourth-order valence-corrected chi connectivity index (χ4v) is 4.46. The monoisotopic (exact) mass is 1370 g/mol. The maximum absolute atomic E-state index is 8.83. The lowest BCUT2D eigenvalue weighted by molar-refractivity contribution is -0.911. The van der Waals surface area contributed by atoms with E-state index in [1.165, 1.54) is 77.8 Å². The van der Waals surface area contributed by atoms with Crippen molar-refractivity contribution in [1.82, 2.24) is 0 Å². The highest BCUT2D eigenvalue weighted by Crippen LogP contribution is 2.11. The predicted octanol–water partition coefficient (Wildman–Crippen LogP) is -27.5. The topological polar surface area (TPSA) is 899 Å². The molecule has 0 radical (unpaired) electrons. The average molecular weight is 1370 g/mol. The minimum Gasteiger partial charge on any atom is -0.750 e. The summed E-state index contributed by atoms with van der Waals surface area (Å²) in [6.45, 7) is 13.7. The Kier molecular flexibility index (Phi) is 120. The number of hydrogen-bond donors (Lipinski definition) is 8. The molecule has 0 saturated heterocycles. The van der Waals surface area contributed by atoms with Crippen molar-refractivity contribution < 1.29 is 228 Å². The quantitative estimate of drug-likeness (QED) is 0.0181. The van der Waals surface area contributed by atoms with E-state index in [0.29, 0.717) is 0 Å². The van der Waals surface area contributed by atoms with Gasteiger partial charge in [0.25, 0.3) is 0 Å². The molecule has 0 aliphatic rings. The van der Waals surface area contributed by atoms with E-state index in [1.807, 2.05) is 0 Å². The third-order valence-electron chi connectivity index (χ3n) is 6.70.